The summed E-state index contributed by atoms with van der Waals surface area (Å²) in [6.07, 6.45) is 3.71. The first-order chi connectivity index (χ1) is 48.1. The minimum atomic E-state index is 0. The molecule has 0 aliphatic heterocycles. The van der Waals surface area contributed by atoms with E-state index < -0.39 is 0 Å². The summed E-state index contributed by atoms with van der Waals surface area (Å²) in [5.74, 6) is 1.36. The van der Waals surface area contributed by atoms with Crippen LogP contribution in [-0.4, -0.2) is 40.0 Å². The van der Waals surface area contributed by atoms with E-state index in [-0.39, 0.29) is 77.9 Å². The molecule has 0 atom stereocenters. The number of hydrogen-bond donors (Lipinski definition) is 0. The van der Waals surface area contributed by atoms with Crippen LogP contribution in [-0.2, 0) is 77.9 Å². The molecule has 0 fully saturated rings. The van der Waals surface area contributed by atoms with Crippen LogP contribution in [0.4, 0.5) is 0 Å². The number of para-hydroxylation sites is 2. The SMILES string of the molecule is [CH2-]c1ccccc1-c1ncc(-c2ccc(-c3ccccc3)cc2)o1.[CH2-]c1ccccc1-c1ncc(-c2ccc(-c3ccccc3)cc2)s1.[CH2-]c1ccccc1-n1nc(C)c(-c2ccc(-c3ccccc3)cc2)n1.[CH2-]c1ccccc1-n1nnc(-c2ccc(-c3ccccc3)cc2)c1C.[Rh].[Rh].[Rh].[Rh]. The van der Waals surface area contributed by atoms with Crippen molar-refractivity contribution < 1.29 is 82.3 Å². The van der Waals surface area contributed by atoms with Crippen LogP contribution in [0.25, 0.3) is 122 Å². The number of nitrogens with zero attached hydrogens (tertiary/aromatic N) is 8. The molecule has 0 bridgehead atoms. The predicted molar refractivity (Wildman–Crippen MR) is 403 cm³/mol. The summed E-state index contributed by atoms with van der Waals surface area (Å²) < 4.78 is 7.78. The second-order valence-corrected chi connectivity index (χ2v) is 24.3. The molecule has 4 radical (unpaired) electrons. The van der Waals surface area contributed by atoms with E-state index in [2.05, 4.69) is 246 Å². The monoisotopic (exact) mass is 1700 g/mol. The average molecular weight is 1700 g/mol. The Morgan fingerprint density at radius 1 is 0.324 bits per heavy atom. The predicted octanol–water partition coefficient (Wildman–Crippen LogP) is 22.4. The Kier molecular flexibility index (Phi) is 27.1. The largest absolute Gasteiger partial charge is 0.448 e. The van der Waals surface area contributed by atoms with Crippen LogP contribution in [0.5, 0.6) is 0 Å². The van der Waals surface area contributed by atoms with Crippen molar-refractivity contribution in [3.05, 3.63) is 389 Å². The van der Waals surface area contributed by atoms with Crippen molar-refractivity contribution >= 4 is 11.3 Å². The van der Waals surface area contributed by atoms with Crippen LogP contribution in [0.15, 0.2) is 332 Å². The number of thiazole rings is 1. The van der Waals surface area contributed by atoms with Crippen molar-refractivity contribution in [2.75, 3.05) is 0 Å². The van der Waals surface area contributed by atoms with Gasteiger partial charge in [0.1, 0.15) is 11.4 Å². The third-order valence-corrected chi connectivity index (χ3v) is 17.8. The fraction of sp³-hybridized carbons (Fsp3) is 0.0227. The van der Waals surface area contributed by atoms with Crippen LogP contribution >= 0.6 is 11.3 Å². The first kappa shape index (κ1) is 75.9. The number of aromatic nitrogens is 8. The van der Waals surface area contributed by atoms with Gasteiger partial charge in [-0.25, -0.2) is 9.78 Å². The van der Waals surface area contributed by atoms with E-state index in [0.717, 1.165) is 95.0 Å². The van der Waals surface area contributed by atoms with Gasteiger partial charge in [0.05, 0.1) is 27.5 Å². The molecule has 0 spiro atoms. The first-order valence-electron chi connectivity index (χ1n) is 32.2. The summed E-state index contributed by atoms with van der Waals surface area (Å²) in [6.45, 7) is 20.3. The summed E-state index contributed by atoms with van der Waals surface area (Å²) in [4.78, 5) is 11.8. The zero-order chi connectivity index (χ0) is 67.2. The minimum absolute atomic E-state index is 0. The Morgan fingerprint density at radius 2 is 0.686 bits per heavy atom. The van der Waals surface area contributed by atoms with Crippen LogP contribution in [0.1, 0.15) is 33.6 Å². The molecular weight excluding hydrogens is 1630 g/mol. The molecule has 9 nitrogen and oxygen atoms in total. The number of aryl methyl sites for hydroxylation is 1. The van der Waals surface area contributed by atoms with Gasteiger partial charge < -0.3 is 4.42 Å². The maximum atomic E-state index is 5.93. The number of benzene rings is 12. The summed E-state index contributed by atoms with van der Waals surface area (Å²) in [7, 11) is 0. The smallest absolute Gasteiger partial charge is 0.169 e. The summed E-state index contributed by atoms with van der Waals surface area (Å²) >= 11 is 1.70. The zero-order valence-electron chi connectivity index (χ0n) is 55.7. The van der Waals surface area contributed by atoms with E-state index >= 15 is 0 Å². The molecule has 0 aliphatic rings. The maximum Gasteiger partial charge on any atom is 0.169 e. The molecule has 12 aromatic carbocycles. The maximum absolute atomic E-state index is 5.93. The number of rotatable bonds is 12. The van der Waals surface area contributed by atoms with Crippen LogP contribution in [0, 0.1) is 41.5 Å². The van der Waals surface area contributed by atoms with Gasteiger partial charge in [-0.3, -0.25) is 9.67 Å². The molecule has 0 saturated heterocycles. The molecule has 0 amide bonds. The summed E-state index contributed by atoms with van der Waals surface area (Å²) in [5.41, 5.74) is 25.3. The quantitative estimate of drug-likeness (QED) is 0.0887. The minimum Gasteiger partial charge on any atom is -0.448 e. The van der Waals surface area contributed by atoms with Gasteiger partial charge in [-0.1, -0.05) is 271 Å². The van der Waals surface area contributed by atoms with Crippen LogP contribution in [0.2, 0.25) is 0 Å². The molecule has 14 heteroatoms. The van der Waals surface area contributed by atoms with Crippen molar-refractivity contribution in [2.45, 2.75) is 13.8 Å². The normalized spacial score (nSPS) is 10.3. The summed E-state index contributed by atoms with van der Waals surface area (Å²) in [5, 5.41) is 19.0. The van der Waals surface area contributed by atoms with E-state index in [1.807, 2.05) is 152 Å². The van der Waals surface area contributed by atoms with Gasteiger partial charge in [0.15, 0.2) is 11.7 Å². The Morgan fingerprint density at radius 3 is 1.14 bits per heavy atom. The van der Waals surface area contributed by atoms with Gasteiger partial charge in [-0.15, -0.1) is 52.8 Å². The van der Waals surface area contributed by atoms with Crippen molar-refractivity contribution in [3.8, 4) is 122 Å². The van der Waals surface area contributed by atoms with Crippen LogP contribution < -0.4 is 0 Å². The first-order valence-corrected chi connectivity index (χ1v) is 33.0. The molecule has 0 N–H and O–H groups in total. The van der Waals surface area contributed by atoms with Crippen molar-refractivity contribution in [1.29, 1.82) is 0 Å². The van der Waals surface area contributed by atoms with E-state index in [1.165, 1.54) is 54.9 Å². The van der Waals surface area contributed by atoms with E-state index in [1.54, 1.807) is 22.3 Å². The van der Waals surface area contributed by atoms with Crippen molar-refractivity contribution in [3.63, 3.8) is 0 Å². The van der Waals surface area contributed by atoms with Gasteiger partial charge >= 0.3 is 0 Å². The second kappa shape index (κ2) is 36.4. The molecule has 512 valence electrons. The van der Waals surface area contributed by atoms with Gasteiger partial charge in [0.25, 0.3) is 0 Å². The summed E-state index contributed by atoms with van der Waals surface area (Å²) in [6, 6.07) is 107. The molecule has 0 saturated carbocycles. The second-order valence-electron chi connectivity index (χ2n) is 23.3. The molecule has 16 rings (SSSR count). The molecule has 4 aromatic heterocycles. The zero-order valence-corrected chi connectivity index (χ0v) is 63.1. The third-order valence-electron chi connectivity index (χ3n) is 16.7. The number of oxazole rings is 1. The van der Waals surface area contributed by atoms with Crippen LogP contribution in [0.3, 0.4) is 0 Å². The molecule has 16 aromatic rings. The molecule has 102 heavy (non-hydrogen) atoms. The molecule has 0 aliphatic carbocycles. The van der Waals surface area contributed by atoms with E-state index in [9.17, 15) is 0 Å². The number of hydrogen-bond acceptors (Lipinski definition) is 8. The van der Waals surface area contributed by atoms with Gasteiger partial charge in [-0.05, 0) is 75.3 Å². The Hall–Kier alpha value is -10.3. The molecular formula is C88H68N8ORh4S-4. The van der Waals surface area contributed by atoms with E-state index in [0.29, 0.717) is 5.89 Å². The Labute approximate surface area is 652 Å². The fourth-order valence-electron chi connectivity index (χ4n) is 11.3. The standard InChI is InChI=1S/2C22H18N3.C22H16NO.C22H16NS.4Rh/c1-16-8-6-7-11-21(16)25-17(2)22(23-24-25)20-14-12-19(13-15-20)18-9-4-3-5-10-18;1-16-8-6-7-11-21(16)25-23-17(2)22(24-25)20-14-12-19(13-15-20)18-9-4-3-5-10-18;2*1-16-7-5-6-10-20(16)22-23-15-21(24-22)19-13-11-18(12-14-19)17-8-3-2-4-9-17;;;;/h2*3-15H,1H2,2H3;2*2-15H,1H2;;;;/q4*-1;;;;. The van der Waals surface area contributed by atoms with Gasteiger partial charge in [-0.2, -0.15) is 84.4 Å². The van der Waals surface area contributed by atoms with Crippen molar-refractivity contribution in [1.82, 2.24) is 40.0 Å². The topological polar surface area (TPSA) is 100 Å². The third kappa shape index (κ3) is 18.3. The molecule has 4 heterocycles. The Bertz CT molecular complexity index is 5020. The van der Waals surface area contributed by atoms with Gasteiger partial charge in [0, 0.05) is 101 Å². The molecule has 0 unspecified atom stereocenters. The van der Waals surface area contributed by atoms with Crippen molar-refractivity contribution in [2.24, 2.45) is 0 Å². The fourth-order valence-corrected chi connectivity index (χ4v) is 12.3. The van der Waals surface area contributed by atoms with Gasteiger partial charge in [0.2, 0.25) is 0 Å². The van der Waals surface area contributed by atoms with E-state index in [4.69, 9.17) is 4.42 Å². The average Bonchev–Trinajstić information content (AvgIpc) is 1.59. The Balaban J connectivity index is 0.000000156.